The molecule has 0 saturated carbocycles. The molecule has 0 aliphatic carbocycles. The highest BCUT2D eigenvalue weighted by Crippen LogP contribution is 2.23. The van der Waals surface area contributed by atoms with Gasteiger partial charge < -0.3 is 19.4 Å². The summed E-state index contributed by atoms with van der Waals surface area (Å²) in [5.74, 6) is 0.651. The van der Waals surface area contributed by atoms with E-state index in [1.165, 1.54) is 5.56 Å². The van der Waals surface area contributed by atoms with Gasteiger partial charge in [0.05, 0.1) is 0 Å². The van der Waals surface area contributed by atoms with Crippen molar-refractivity contribution in [1.82, 2.24) is 14.7 Å². The molecular weight excluding hydrogens is 402 g/mol. The molecule has 6 heteroatoms. The zero-order chi connectivity index (χ0) is 23.0. The Balaban J connectivity index is 1.35. The average molecular weight is 444 g/mol. The molecule has 1 aromatic carbocycles. The lowest BCUT2D eigenvalue weighted by Gasteiger charge is -2.34. The molecule has 2 amide bonds. The SMILES string of the molecule is CC(C)(C)OC(=O)N1CCC(CC(=O)N2CCCN(CCCc3ccccc3)CC2)CC1. The number of carbonyl (C=O) groups excluding carboxylic acids is 2. The Morgan fingerprint density at radius 2 is 1.66 bits per heavy atom. The van der Waals surface area contributed by atoms with Gasteiger partial charge in [-0.1, -0.05) is 30.3 Å². The number of likely N-dealkylation sites (tertiary alicyclic amines) is 1. The first-order valence-electron chi connectivity index (χ1n) is 12.3. The van der Waals surface area contributed by atoms with E-state index < -0.39 is 5.60 Å². The van der Waals surface area contributed by atoms with Crippen LogP contribution in [0.25, 0.3) is 0 Å². The molecule has 2 fully saturated rings. The first-order valence-corrected chi connectivity index (χ1v) is 12.3. The zero-order valence-corrected chi connectivity index (χ0v) is 20.2. The minimum Gasteiger partial charge on any atom is -0.444 e. The van der Waals surface area contributed by atoms with Gasteiger partial charge in [0.1, 0.15) is 5.60 Å². The Hall–Kier alpha value is -2.08. The molecule has 32 heavy (non-hydrogen) atoms. The smallest absolute Gasteiger partial charge is 0.410 e. The van der Waals surface area contributed by atoms with E-state index in [4.69, 9.17) is 4.74 Å². The number of nitrogens with zero attached hydrogens (tertiary/aromatic N) is 3. The molecule has 6 nitrogen and oxygen atoms in total. The Morgan fingerprint density at radius 3 is 2.34 bits per heavy atom. The third kappa shape index (κ3) is 8.12. The molecule has 0 unspecified atom stereocenters. The first kappa shape index (κ1) is 24.6. The fraction of sp³-hybridized carbons (Fsp3) is 0.692. The summed E-state index contributed by atoms with van der Waals surface area (Å²) < 4.78 is 5.47. The van der Waals surface area contributed by atoms with Crippen LogP contribution in [0.1, 0.15) is 58.4 Å². The van der Waals surface area contributed by atoms with E-state index in [1.54, 1.807) is 4.90 Å². The molecule has 3 rings (SSSR count). The number of piperidine rings is 1. The summed E-state index contributed by atoms with van der Waals surface area (Å²) in [4.78, 5) is 31.5. The Labute approximate surface area is 193 Å². The first-order chi connectivity index (χ1) is 15.3. The summed E-state index contributed by atoms with van der Waals surface area (Å²) in [5, 5.41) is 0. The lowest BCUT2D eigenvalue weighted by Crippen LogP contribution is -2.43. The van der Waals surface area contributed by atoms with Crippen LogP contribution in [0, 0.1) is 5.92 Å². The molecule has 0 spiro atoms. The number of ether oxygens (including phenoxy) is 1. The number of hydrogen-bond acceptors (Lipinski definition) is 4. The highest BCUT2D eigenvalue weighted by atomic mass is 16.6. The van der Waals surface area contributed by atoms with Crippen molar-refractivity contribution in [2.24, 2.45) is 5.92 Å². The molecule has 1 aromatic rings. The number of carbonyl (C=O) groups is 2. The lowest BCUT2D eigenvalue weighted by molar-refractivity contribution is -0.132. The van der Waals surface area contributed by atoms with E-state index in [0.29, 0.717) is 25.4 Å². The van der Waals surface area contributed by atoms with E-state index in [9.17, 15) is 9.59 Å². The van der Waals surface area contributed by atoms with Gasteiger partial charge in [-0.3, -0.25) is 4.79 Å². The van der Waals surface area contributed by atoms with Crippen molar-refractivity contribution in [1.29, 1.82) is 0 Å². The second-order valence-electron chi connectivity index (χ2n) is 10.3. The number of amides is 2. The summed E-state index contributed by atoms with van der Waals surface area (Å²) in [6.45, 7) is 11.9. The van der Waals surface area contributed by atoms with Crippen LogP contribution in [0.5, 0.6) is 0 Å². The van der Waals surface area contributed by atoms with Gasteiger partial charge in [0.25, 0.3) is 0 Å². The predicted octanol–water partition coefficient (Wildman–Crippen LogP) is 4.19. The van der Waals surface area contributed by atoms with Gasteiger partial charge in [-0.15, -0.1) is 0 Å². The van der Waals surface area contributed by atoms with E-state index >= 15 is 0 Å². The van der Waals surface area contributed by atoms with Crippen LogP contribution >= 0.6 is 0 Å². The fourth-order valence-electron chi connectivity index (χ4n) is 4.62. The van der Waals surface area contributed by atoms with Crippen LogP contribution in [0.4, 0.5) is 4.79 Å². The molecule has 2 aliphatic heterocycles. The molecule has 178 valence electrons. The number of rotatable bonds is 6. The summed E-state index contributed by atoms with van der Waals surface area (Å²) >= 11 is 0. The zero-order valence-electron chi connectivity index (χ0n) is 20.2. The van der Waals surface area contributed by atoms with Crippen molar-refractivity contribution in [2.75, 3.05) is 45.8 Å². The van der Waals surface area contributed by atoms with E-state index in [0.717, 1.165) is 64.8 Å². The molecule has 2 aliphatic rings. The minimum atomic E-state index is -0.466. The molecule has 0 aromatic heterocycles. The maximum atomic E-state index is 12.9. The van der Waals surface area contributed by atoms with Gasteiger partial charge in [0, 0.05) is 39.1 Å². The van der Waals surface area contributed by atoms with Gasteiger partial charge in [0.15, 0.2) is 0 Å². The number of hydrogen-bond donors (Lipinski definition) is 0. The third-order valence-corrected chi connectivity index (χ3v) is 6.45. The Kier molecular flexibility index (Phi) is 8.97. The topological polar surface area (TPSA) is 53.1 Å². The molecule has 2 saturated heterocycles. The monoisotopic (exact) mass is 443 g/mol. The van der Waals surface area contributed by atoms with Crippen LogP contribution in [-0.2, 0) is 16.0 Å². The van der Waals surface area contributed by atoms with Crippen molar-refractivity contribution < 1.29 is 14.3 Å². The van der Waals surface area contributed by atoms with E-state index in [1.807, 2.05) is 20.8 Å². The van der Waals surface area contributed by atoms with Crippen LogP contribution in [-0.4, -0.2) is 78.1 Å². The lowest BCUT2D eigenvalue weighted by atomic mass is 9.93. The van der Waals surface area contributed by atoms with Crippen LogP contribution in [0.2, 0.25) is 0 Å². The average Bonchev–Trinajstić information content (AvgIpc) is 3.00. The fourth-order valence-corrected chi connectivity index (χ4v) is 4.62. The van der Waals surface area contributed by atoms with Gasteiger partial charge in [-0.05, 0) is 77.4 Å². The Bertz CT molecular complexity index is 724. The summed E-state index contributed by atoms with van der Waals surface area (Å²) in [6, 6.07) is 10.7. The maximum Gasteiger partial charge on any atom is 0.410 e. The number of aryl methyl sites for hydroxylation is 1. The highest BCUT2D eigenvalue weighted by Gasteiger charge is 2.29. The Morgan fingerprint density at radius 1 is 0.938 bits per heavy atom. The molecule has 0 radical (unpaired) electrons. The minimum absolute atomic E-state index is 0.234. The largest absolute Gasteiger partial charge is 0.444 e. The normalized spacial score (nSPS) is 19.0. The van der Waals surface area contributed by atoms with Crippen molar-refractivity contribution in [2.45, 2.75) is 64.9 Å². The van der Waals surface area contributed by atoms with E-state index in [2.05, 4.69) is 40.1 Å². The van der Waals surface area contributed by atoms with Crippen molar-refractivity contribution in [3.05, 3.63) is 35.9 Å². The summed E-state index contributed by atoms with van der Waals surface area (Å²) in [5.41, 5.74) is 0.934. The van der Waals surface area contributed by atoms with Crippen LogP contribution in [0.15, 0.2) is 30.3 Å². The van der Waals surface area contributed by atoms with Gasteiger partial charge in [0.2, 0.25) is 5.91 Å². The maximum absolute atomic E-state index is 12.9. The molecule has 2 heterocycles. The summed E-state index contributed by atoms with van der Waals surface area (Å²) in [6.07, 6.45) is 5.46. The standard InChI is InChI=1S/C26H41N3O3/c1-26(2,3)32-25(31)29-17-12-23(13-18-29)21-24(30)28-16-8-15-27(19-20-28)14-7-11-22-9-5-4-6-10-22/h4-6,9-10,23H,7-8,11-21H2,1-3H3. The third-order valence-electron chi connectivity index (χ3n) is 6.45. The van der Waals surface area contributed by atoms with Gasteiger partial charge in [-0.25, -0.2) is 4.79 Å². The molecule has 0 N–H and O–H groups in total. The second-order valence-corrected chi connectivity index (χ2v) is 10.3. The van der Waals surface area contributed by atoms with Crippen LogP contribution in [0.3, 0.4) is 0 Å². The predicted molar refractivity (Wildman–Crippen MR) is 128 cm³/mol. The molecule has 0 atom stereocenters. The molecule has 0 bridgehead atoms. The quantitative estimate of drug-likeness (QED) is 0.662. The van der Waals surface area contributed by atoms with Gasteiger partial charge >= 0.3 is 6.09 Å². The van der Waals surface area contributed by atoms with Crippen LogP contribution < -0.4 is 0 Å². The summed E-state index contributed by atoms with van der Waals surface area (Å²) in [7, 11) is 0. The van der Waals surface area contributed by atoms with Gasteiger partial charge in [-0.2, -0.15) is 0 Å². The second kappa shape index (κ2) is 11.7. The van der Waals surface area contributed by atoms with Crippen molar-refractivity contribution in [3.63, 3.8) is 0 Å². The molecular formula is C26H41N3O3. The van der Waals surface area contributed by atoms with Crippen molar-refractivity contribution in [3.8, 4) is 0 Å². The van der Waals surface area contributed by atoms with E-state index in [-0.39, 0.29) is 12.0 Å². The highest BCUT2D eigenvalue weighted by molar-refractivity contribution is 5.76. The van der Waals surface area contributed by atoms with Crippen molar-refractivity contribution >= 4 is 12.0 Å². The number of benzene rings is 1.